The number of fused-ring (bicyclic) bond motifs is 1. The van der Waals surface area contributed by atoms with Gasteiger partial charge in [0.1, 0.15) is 0 Å². The molecule has 6 heteroatoms. The Morgan fingerprint density at radius 3 is 2.79 bits per heavy atom. The number of thiophene rings is 1. The van der Waals surface area contributed by atoms with Gasteiger partial charge in [-0.3, -0.25) is 9.69 Å². The second-order valence-corrected chi connectivity index (χ2v) is 8.75. The molecular formula is C22H21N3OS2. The molecule has 1 aliphatic heterocycles. The summed E-state index contributed by atoms with van der Waals surface area (Å²) in [5, 5.41) is 13.6. The molecule has 0 radical (unpaired) electrons. The largest absolute Gasteiger partial charge is 0.284 e. The van der Waals surface area contributed by atoms with E-state index in [0.717, 1.165) is 23.3 Å². The van der Waals surface area contributed by atoms with Crippen molar-refractivity contribution in [2.24, 2.45) is 10.2 Å². The van der Waals surface area contributed by atoms with Crippen LogP contribution >= 0.6 is 23.1 Å². The highest BCUT2D eigenvalue weighted by Crippen LogP contribution is 2.32. The molecule has 1 aliphatic rings. The summed E-state index contributed by atoms with van der Waals surface area (Å²) < 4.78 is 0. The molecule has 2 heterocycles. The lowest BCUT2D eigenvalue weighted by molar-refractivity contribution is -0.126. The average molecular weight is 408 g/mol. The van der Waals surface area contributed by atoms with Crippen LogP contribution in [0.1, 0.15) is 30.2 Å². The molecule has 1 atom stereocenters. The van der Waals surface area contributed by atoms with E-state index in [1.165, 1.54) is 22.5 Å². The summed E-state index contributed by atoms with van der Waals surface area (Å²) in [4.78, 5) is 15.8. The Kier molecular flexibility index (Phi) is 5.88. The fraction of sp³-hybridized carbons (Fsp3) is 0.227. The molecule has 3 aromatic rings. The first-order valence-electron chi connectivity index (χ1n) is 9.35. The maximum Gasteiger partial charge on any atom is 0.242 e. The van der Waals surface area contributed by atoms with Crippen LogP contribution in [0.25, 0.3) is 10.8 Å². The fourth-order valence-electron chi connectivity index (χ4n) is 3.28. The summed E-state index contributed by atoms with van der Waals surface area (Å²) in [7, 11) is 0. The molecule has 2 aromatic carbocycles. The van der Waals surface area contributed by atoms with Crippen molar-refractivity contribution in [3.8, 4) is 0 Å². The topological polar surface area (TPSA) is 45.0 Å². The number of amides is 1. The number of carbonyl (C=O) groups excluding carboxylic acids is 1. The van der Waals surface area contributed by atoms with Crippen LogP contribution in [-0.2, 0) is 11.3 Å². The summed E-state index contributed by atoms with van der Waals surface area (Å²) in [6.45, 7) is 2.62. The number of benzene rings is 2. The van der Waals surface area contributed by atoms with E-state index in [1.54, 1.807) is 22.5 Å². The number of hydrogen-bond acceptors (Lipinski definition) is 5. The second kappa shape index (κ2) is 8.71. The van der Waals surface area contributed by atoms with Crippen molar-refractivity contribution < 1.29 is 4.79 Å². The third-order valence-corrected chi connectivity index (χ3v) is 6.69. The summed E-state index contributed by atoms with van der Waals surface area (Å²) in [6, 6.07) is 18.5. The van der Waals surface area contributed by atoms with Crippen molar-refractivity contribution in [1.29, 1.82) is 0 Å². The fourth-order valence-corrected chi connectivity index (χ4v) is 5.07. The molecule has 4 rings (SSSR count). The van der Waals surface area contributed by atoms with Crippen LogP contribution in [0, 0.1) is 0 Å². The molecule has 1 unspecified atom stereocenters. The molecule has 0 spiro atoms. The Morgan fingerprint density at radius 1 is 1.11 bits per heavy atom. The highest BCUT2D eigenvalue weighted by Gasteiger charge is 2.37. The molecule has 1 saturated heterocycles. The lowest BCUT2D eigenvalue weighted by Crippen LogP contribution is -2.31. The van der Waals surface area contributed by atoms with Crippen molar-refractivity contribution in [2.45, 2.75) is 31.6 Å². The summed E-state index contributed by atoms with van der Waals surface area (Å²) in [6.07, 6.45) is 3.56. The quantitative estimate of drug-likeness (QED) is 0.398. The number of hydrogen-bond donors (Lipinski definition) is 0. The number of thioether (sulfide) groups is 1. The van der Waals surface area contributed by atoms with E-state index >= 15 is 0 Å². The van der Waals surface area contributed by atoms with Crippen molar-refractivity contribution in [3.63, 3.8) is 0 Å². The van der Waals surface area contributed by atoms with E-state index < -0.39 is 0 Å². The van der Waals surface area contributed by atoms with Gasteiger partial charge in [0.25, 0.3) is 0 Å². The molecule has 0 saturated carbocycles. The maximum atomic E-state index is 13.0. The number of rotatable bonds is 6. The van der Waals surface area contributed by atoms with E-state index in [-0.39, 0.29) is 11.2 Å². The predicted octanol–water partition coefficient (Wildman–Crippen LogP) is 5.54. The monoisotopic (exact) mass is 407 g/mol. The van der Waals surface area contributed by atoms with Gasteiger partial charge in [0.2, 0.25) is 5.91 Å². The molecule has 0 aliphatic carbocycles. The zero-order chi connectivity index (χ0) is 19.3. The Morgan fingerprint density at radius 2 is 1.96 bits per heavy atom. The van der Waals surface area contributed by atoms with Crippen LogP contribution in [0.4, 0.5) is 0 Å². The van der Waals surface area contributed by atoms with Gasteiger partial charge in [-0.05, 0) is 34.2 Å². The lowest BCUT2D eigenvalue weighted by atomic mass is 10.0. The van der Waals surface area contributed by atoms with Gasteiger partial charge in [0.05, 0.1) is 18.0 Å². The predicted molar refractivity (Wildman–Crippen MR) is 120 cm³/mol. The van der Waals surface area contributed by atoms with Crippen LogP contribution in [0.2, 0.25) is 0 Å². The van der Waals surface area contributed by atoms with Gasteiger partial charge in [0.15, 0.2) is 5.17 Å². The van der Waals surface area contributed by atoms with Crippen molar-refractivity contribution in [2.75, 3.05) is 0 Å². The smallest absolute Gasteiger partial charge is 0.242 e. The van der Waals surface area contributed by atoms with E-state index in [1.807, 2.05) is 35.7 Å². The zero-order valence-electron chi connectivity index (χ0n) is 15.6. The first-order valence-corrected chi connectivity index (χ1v) is 11.1. The molecule has 28 heavy (non-hydrogen) atoms. The summed E-state index contributed by atoms with van der Waals surface area (Å²) in [5.41, 5.74) is 1.12. The van der Waals surface area contributed by atoms with Gasteiger partial charge in [-0.15, -0.1) is 16.4 Å². The van der Waals surface area contributed by atoms with Gasteiger partial charge in [0, 0.05) is 4.88 Å². The molecule has 142 valence electrons. The molecule has 1 fully saturated rings. The highest BCUT2D eigenvalue weighted by molar-refractivity contribution is 8.15. The summed E-state index contributed by atoms with van der Waals surface area (Å²) >= 11 is 3.14. The minimum atomic E-state index is -0.0735. The number of amidine groups is 1. The van der Waals surface area contributed by atoms with Crippen LogP contribution in [-0.4, -0.2) is 27.4 Å². The van der Waals surface area contributed by atoms with Crippen LogP contribution in [0.15, 0.2) is 70.2 Å². The first-order chi connectivity index (χ1) is 13.8. The second-order valence-electron chi connectivity index (χ2n) is 6.60. The van der Waals surface area contributed by atoms with Gasteiger partial charge in [-0.25, -0.2) is 0 Å². The minimum Gasteiger partial charge on any atom is -0.284 e. The van der Waals surface area contributed by atoms with Gasteiger partial charge < -0.3 is 0 Å². The molecule has 0 bridgehead atoms. The Bertz CT molecular complexity index is 1020. The SMILES string of the molecule is CCCC1S/C(=N\N=C\c2cccs2)N(Cc2cccc3ccccc23)C1=O. The Hall–Kier alpha value is -2.44. The van der Waals surface area contributed by atoms with Crippen LogP contribution < -0.4 is 0 Å². The summed E-state index contributed by atoms with van der Waals surface area (Å²) in [5.74, 6) is 0.129. The van der Waals surface area contributed by atoms with Crippen LogP contribution in [0.5, 0.6) is 0 Å². The van der Waals surface area contributed by atoms with E-state index in [2.05, 4.69) is 41.4 Å². The minimum absolute atomic E-state index is 0.0735. The molecular weight excluding hydrogens is 386 g/mol. The van der Waals surface area contributed by atoms with E-state index in [9.17, 15) is 4.79 Å². The van der Waals surface area contributed by atoms with Gasteiger partial charge in [-0.1, -0.05) is 73.6 Å². The maximum absolute atomic E-state index is 13.0. The van der Waals surface area contributed by atoms with Crippen molar-refractivity contribution in [1.82, 2.24) is 4.90 Å². The third-order valence-electron chi connectivity index (χ3n) is 4.65. The standard InChI is InChI=1S/C22H21N3OS2/c1-2-7-20-21(26)25(22(28-20)24-23-14-18-11-6-13-27-18)15-17-10-5-9-16-8-3-4-12-19(16)17/h3-6,8-14,20H,2,7,15H2,1H3/b23-14+,24-22-. The van der Waals surface area contributed by atoms with Crippen molar-refractivity contribution in [3.05, 3.63) is 70.4 Å². The molecule has 1 aromatic heterocycles. The number of carbonyl (C=O) groups is 1. The first kappa shape index (κ1) is 18.9. The third kappa shape index (κ3) is 4.03. The van der Waals surface area contributed by atoms with E-state index in [0.29, 0.717) is 11.7 Å². The average Bonchev–Trinajstić information content (AvgIpc) is 3.33. The molecule has 4 nitrogen and oxygen atoms in total. The lowest BCUT2D eigenvalue weighted by Gasteiger charge is -2.17. The van der Waals surface area contributed by atoms with Gasteiger partial charge >= 0.3 is 0 Å². The Labute approximate surface area is 173 Å². The zero-order valence-corrected chi connectivity index (χ0v) is 17.2. The number of nitrogens with zero attached hydrogens (tertiary/aromatic N) is 3. The van der Waals surface area contributed by atoms with Crippen LogP contribution in [0.3, 0.4) is 0 Å². The highest BCUT2D eigenvalue weighted by atomic mass is 32.2. The van der Waals surface area contributed by atoms with Gasteiger partial charge in [-0.2, -0.15) is 5.10 Å². The van der Waals surface area contributed by atoms with Crippen molar-refractivity contribution >= 4 is 51.2 Å². The van der Waals surface area contributed by atoms with E-state index in [4.69, 9.17) is 0 Å². The Balaban J connectivity index is 1.63. The molecule has 1 amide bonds. The molecule has 0 N–H and O–H groups in total. The normalized spacial score (nSPS) is 18.8.